The first-order valence-electron chi connectivity index (χ1n) is 10.0. The van der Waals surface area contributed by atoms with E-state index in [9.17, 15) is 10.0 Å². The lowest BCUT2D eigenvalue weighted by Crippen LogP contribution is -2.34. The summed E-state index contributed by atoms with van der Waals surface area (Å²) in [5, 5.41) is 19.5. The number of hydrogen-bond acceptors (Lipinski definition) is 2. The normalized spacial score (nSPS) is 16.7. The SMILES string of the molecule is CC[C@H](C)CC1(C[C@@H](C)CC)c2ccccc2-c2ccc(B(O)O)cc21. The van der Waals surface area contributed by atoms with Gasteiger partial charge in [-0.1, -0.05) is 83.0 Å². The Kier molecular flexibility index (Phi) is 5.59. The van der Waals surface area contributed by atoms with Gasteiger partial charge < -0.3 is 10.0 Å². The van der Waals surface area contributed by atoms with Crippen LogP contribution in [-0.4, -0.2) is 17.2 Å². The highest BCUT2D eigenvalue weighted by Crippen LogP contribution is 2.55. The molecule has 0 amide bonds. The van der Waals surface area contributed by atoms with E-state index < -0.39 is 7.12 Å². The Morgan fingerprint density at radius 2 is 1.42 bits per heavy atom. The van der Waals surface area contributed by atoms with Crippen molar-refractivity contribution in [1.82, 2.24) is 0 Å². The topological polar surface area (TPSA) is 40.5 Å². The van der Waals surface area contributed by atoms with E-state index in [1.165, 1.54) is 22.3 Å². The molecule has 2 atom stereocenters. The van der Waals surface area contributed by atoms with Crippen LogP contribution in [0.2, 0.25) is 0 Å². The minimum Gasteiger partial charge on any atom is -0.423 e. The van der Waals surface area contributed by atoms with Gasteiger partial charge in [0.25, 0.3) is 0 Å². The van der Waals surface area contributed by atoms with Crippen LogP contribution in [0.25, 0.3) is 11.1 Å². The summed E-state index contributed by atoms with van der Waals surface area (Å²) in [6.45, 7) is 9.20. The van der Waals surface area contributed by atoms with Crippen LogP contribution in [-0.2, 0) is 5.41 Å². The van der Waals surface area contributed by atoms with Gasteiger partial charge in [0.05, 0.1) is 0 Å². The molecule has 0 aliphatic heterocycles. The van der Waals surface area contributed by atoms with Gasteiger partial charge in [0, 0.05) is 5.41 Å². The van der Waals surface area contributed by atoms with Gasteiger partial charge in [0.15, 0.2) is 0 Å². The maximum atomic E-state index is 9.75. The Morgan fingerprint density at radius 3 is 2.00 bits per heavy atom. The molecule has 2 aromatic carbocycles. The first-order valence-corrected chi connectivity index (χ1v) is 10.0. The van der Waals surface area contributed by atoms with E-state index in [1.807, 2.05) is 12.1 Å². The largest absolute Gasteiger partial charge is 0.488 e. The molecule has 3 rings (SSSR count). The molecule has 0 spiro atoms. The average molecular weight is 350 g/mol. The van der Waals surface area contributed by atoms with E-state index in [0.717, 1.165) is 25.7 Å². The molecule has 1 aliphatic rings. The van der Waals surface area contributed by atoms with Crippen LogP contribution in [0.3, 0.4) is 0 Å². The summed E-state index contributed by atoms with van der Waals surface area (Å²) < 4.78 is 0. The highest BCUT2D eigenvalue weighted by Gasteiger charge is 2.44. The van der Waals surface area contributed by atoms with Crippen LogP contribution >= 0.6 is 0 Å². The first-order chi connectivity index (χ1) is 12.4. The van der Waals surface area contributed by atoms with Crippen LogP contribution in [0.1, 0.15) is 64.5 Å². The number of hydrogen-bond donors (Lipinski definition) is 2. The third-order valence-corrected chi connectivity index (χ3v) is 6.38. The lowest BCUT2D eigenvalue weighted by atomic mass is 9.65. The van der Waals surface area contributed by atoms with Crippen LogP contribution in [0.4, 0.5) is 0 Å². The summed E-state index contributed by atoms with van der Waals surface area (Å²) in [4.78, 5) is 0. The second-order valence-electron chi connectivity index (χ2n) is 8.24. The molecule has 0 fully saturated rings. The molecule has 1 aliphatic carbocycles. The van der Waals surface area contributed by atoms with E-state index in [2.05, 4.69) is 58.0 Å². The zero-order valence-corrected chi connectivity index (χ0v) is 16.5. The molecule has 0 bridgehead atoms. The lowest BCUT2D eigenvalue weighted by molar-refractivity contribution is 0.308. The summed E-state index contributed by atoms with van der Waals surface area (Å²) in [5.74, 6) is 1.22. The smallest absolute Gasteiger partial charge is 0.423 e. The monoisotopic (exact) mass is 350 g/mol. The Bertz CT molecular complexity index is 757. The van der Waals surface area contributed by atoms with Crippen molar-refractivity contribution in [2.24, 2.45) is 11.8 Å². The van der Waals surface area contributed by atoms with E-state index >= 15 is 0 Å². The molecule has 138 valence electrons. The van der Waals surface area contributed by atoms with Crippen LogP contribution < -0.4 is 5.46 Å². The molecule has 0 unspecified atom stereocenters. The molecule has 0 radical (unpaired) electrons. The molecule has 0 saturated carbocycles. The van der Waals surface area contributed by atoms with E-state index in [1.54, 1.807) is 0 Å². The van der Waals surface area contributed by atoms with Gasteiger partial charge in [-0.05, 0) is 52.4 Å². The first kappa shape index (κ1) is 19.2. The number of fused-ring (bicyclic) bond motifs is 3. The fourth-order valence-electron chi connectivity index (χ4n) is 4.64. The molecule has 0 saturated heterocycles. The average Bonchev–Trinajstić information content (AvgIpc) is 2.91. The van der Waals surface area contributed by atoms with Gasteiger partial charge >= 0.3 is 7.12 Å². The summed E-state index contributed by atoms with van der Waals surface area (Å²) in [6.07, 6.45) is 4.51. The summed E-state index contributed by atoms with van der Waals surface area (Å²) in [7, 11) is -1.42. The molecule has 0 heterocycles. The predicted octanol–water partition coefficient (Wildman–Crippen LogP) is 4.51. The van der Waals surface area contributed by atoms with Gasteiger partial charge in [-0.3, -0.25) is 0 Å². The Hall–Kier alpha value is -1.58. The molecule has 3 heteroatoms. The van der Waals surface area contributed by atoms with Gasteiger partial charge in [0.1, 0.15) is 0 Å². The zero-order valence-electron chi connectivity index (χ0n) is 16.5. The second-order valence-corrected chi connectivity index (χ2v) is 8.24. The van der Waals surface area contributed by atoms with Crippen molar-refractivity contribution in [3.05, 3.63) is 53.6 Å². The molecule has 2 N–H and O–H groups in total. The van der Waals surface area contributed by atoms with E-state index in [-0.39, 0.29) is 5.41 Å². The summed E-state index contributed by atoms with van der Waals surface area (Å²) >= 11 is 0. The van der Waals surface area contributed by atoms with Crippen LogP contribution in [0.5, 0.6) is 0 Å². The number of rotatable bonds is 7. The van der Waals surface area contributed by atoms with Crippen molar-refractivity contribution < 1.29 is 10.0 Å². The van der Waals surface area contributed by atoms with Crippen LogP contribution in [0, 0.1) is 11.8 Å². The quantitative estimate of drug-likeness (QED) is 0.722. The molecule has 2 aromatic rings. The third kappa shape index (κ3) is 3.23. The lowest BCUT2D eigenvalue weighted by Gasteiger charge is -2.37. The Balaban J connectivity index is 2.25. The highest BCUT2D eigenvalue weighted by atomic mass is 16.4. The minimum atomic E-state index is -1.42. The molecule has 2 nitrogen and oxygen atoms in total. The fourth-order valence-corrected chi connectivity index (χ4v) is 4.64. The Morgan fingerprint density at radius 1 is 0.846 bits per heavy atom. The Labute approximate surface area is 158 Å². The fraction of sp³-hybridized carbons (Fsp3) is 0.478. The van der Waals surface area contributed by atoms with Crippen molar-refractivity contribution in [3.63, 3.8) is 0 Å². The van der Waals surface area contributed by atoms with Crippen molar-refractivity contribution in [2.75, 3.05) is 0 Å². The minimum absolute atomic E-state index is 0.0400. The van der Waals surface area contributed by atoms with E-state index in [4.69, 9.17) is 0 Å². The van der Waals surface area contributed by atoms with Crippen molar-refractivity contribution in [1.29, 1.82) is 0 Å². The maximum absolute atomic E-state index is 9.75. The maximum Gasteiger partial charge on any atom is 0.488 e. The van der Waals surface area contributed by atoms with Gasteiger partial charge in [0.2, 0.25) is 0 Å². The predicted molar refractivity (Wildman–Crippen MR) is 111 cm³/mol. The number of benzene rings is 2. The zero-order chi connectivity index (χ0) is 18.9. The van der Waals surface area contributed by atoms with Crippen LogP contribution in [0.15, 0.2) is 42.5 Å². The molecular formula is C23H31BO2. The molecule has 0 aromatic heterocycles. The molecular weight excluding hydrogens is 319 g/mol. The standard InChI is InChI=1S/C23H31BO2/c1-5-16(3)14-23(15-17(4)6-2)21-10-8-7-9-19(21)20-12-11-18(24(25)26)13-22(20)23/h7-13,16-17,25-26H,5-6,14-15H2,1-4H3/t16-,17-/m0/s1. The van der Waals surface area contributed by atoms with Gasteiger partial charge in [-0.25, -0.2) is 0 Å². The van der Waals surface area contributed by atoms with Gasteiger partial charge in [-0.2, -0.15) is 0 Å². The van der Waals surface area contributed by atoms with Crippen molar-refractivity contribution >= 4 is 12.6 Å². The van der Waals surface area contributed by atoms with Gasteiger partial charge in [-0.15, -0.1) is 0 Å². The second kappa shape index (κ2) is 7.58. The third-order valence-electron chi connectivity index (χ3n) is 6.38. The van der Waals surface area contributed by atoms with Crippen molar-refractivity contribution in [2.45, 2.75) is 58.8 Å². The van der Waals surface area contributed by atoms with E-state index in [0.29, 0.717) is 17.3 Å². The highest BCUT2D eigenvalue weighted by molar-refractivity contribution is 6.58. The van der Waals surface area contributed by atoms with Crippen molar-refractivity contribution in [3.8, 4) is 11.1 Å². The summed E-state index contributed by atoms with van der Waals surface area (Å²) in [5.41, 5.74) is 5.82. The summed E-state index contributed by atoms with van der Waals surface area (Å²) in [6, 6.07) is 14.7. The molecule has 26 heavy (non-hydrogen) atoms.